The molecular weight excluding hydrogens is 334 g/mol. The average Bonchev–Trinajstić information content (AvgIpc) is 2.53. The van der Waals surface area contributed by atoms with E-state index in [0.29, 0.717) is 11.4 Å². The third-order valence-corrected chi connectivity index (χ3v) is 6.52. The van der Waals surface area contributed by atoms with E-state index in [2.05, 4.69) is 0 Å². The van der Waals surface area contributed by atoms with Crippen molar-refractivity contribution >= 4 is 21.3 Å². The van der Waals surface area contributed by atoms with Gasteiger partial charge in [0.2, 0.25) is 0 Å². The Morgan fingerprint density at radius 2 is 1.64 bits per heavy atom. The Hall–Kier alpha value is -2.27. The Morgan fingerprint density at radius 3 is 2.24 bits per heavy atom. The van der Waals surface area contributed by atoms with Gasteiger partial charge in [0.15, 0.2) is 0 Å². The summed E-state index contributed by atoms with van der Waals surface area (Å²) in [7, 11) is -2.13. The van der Waals surface area contributed by atoms with Crippen molar-refractivity contribution in [3.63, 3.8) is 0 Å². The van der Waals surface area contributed by atoms with E-state index in [-0.39, 0.29) is 4.90 Å². The zero-order valence-corrected chi connectivity index (χ0v) is 16.0. The summed E-state index contributed by atoms with van der Waals surface area (Å²) in [6, 6.07) is 12.5. The molecule has 0 N–H and O–H groups in total. The summed E-state index contributed by atoms with van der Waals surface area (Å²) in [6.07, 6.45) is 1.99. The molecule has 0 unspecified atom stereocenters. The fourth-order valence-corrected chi connectivity index (χ4v) is 5.14. The number of anilines is 1. The number of allylic oxidation sites excluding steroid dienone is 1. The van der Waals surface area contributed by atoms with Crippen LogP contribution in [0.15, 0.2) is 53.4 Å². The third-order valence-electron chi connectivity index (χ3n) is 4.50. The van der Waals surface area contributed by atoms with E-state index in [9.17, 15) is 8.42 Å². The fraction of sp³-hybridized carbons (Fsp3) is 0.300. The molecule has 4 nitrogen and oxygen atoms in total. The van der Waals surface area contributed by atoms with Gasteiger partial charge in [-0.05, 0) is 57.5 Å². The third kappa shape index (κ3) is 2.93. The molecule has 0 saturated heterocycles. The van der Waals surface area contributed by atoms with E-state index in [1.165, 1.54) is 4.31 Å². The van der Waals surface area contributed by atoms with E-state index in [0.717, 1.165) is 16.7 Å². The van der Waals surface area contributed by atoms with Gasteiger partial charge in [0, 0.05) is 11.6 Å². The molecule has 1 aliphatic heterocycles. The van der Waals surface area contributed by atoms with E-state index in [1.807, 2.05) is 58.0 Å². The van der Waals surface area contributed by atoms with Crippen molar-refractivity contribution in [3.05, 3.63) is 59.7 Å². The summed E-state index contributed by atoms with van der Waals surface area (Å²) < 4.78 is 33.7. The first-order valence-corrected chi connectivity index (χ1v) is 9.61. The molecule has 0 amide bonds. The lowest BCUT2D eigenvalue weighted by Crippen LogP contribution is -2.48. The van der Waals surface area contributed by atoms with Gasteiger partial charge >= 0.3 is 0 Å². The predicted octanol–water partition coefficient (Wildman–Crippen LogP) is 4.39. The van der Waals surface area contributed by atoms with Gasteiger partial charge in [0.1, 0.15) is 5.75 Å². The molecule has 132 valence electrons. The first-order chi connectivity index (χ1) is 11.7. The lowest BCUT2D eigenvalue weighted by atomic mass is 9.91. The number of hydrogen-bond donors (Lipinski definition) is 0. The predicted molar refractivity (Wildman–Crippen MR) is 102 cm³/mol. The monoisotopic (exact) mass is 357 g/mol. The largest absolute Gasteiger partial charge is 0.497 e. The number of hydrogen-bond acceptors (Lipinski definition) is 3. The van der Waals surface area contributed by atoms with E-state index < -0.39 is 15.6 Å². The van der Waals surface area contributed by atoms with Gasteiger partial charge in [-0.25, -0.2) is 8.42 Å². The van der Waals surface area contributed by atoms with Gasteiger partial charge in [-0.2, -0.15) is 0 Å². The van der Waals surface area contributed by atoms with Crippen LogP contribution >= 0.6 is 0 Å². The molecule has 0 saturated carbocycles. The number of aryl methyl sites for hydroxylation is 1. The van der Waals surface area contributed by atoms with Crippen molar-refractivity contribution in [3.8, 4) is 5.75 Å². The van der Waals surface area contributed by atoms with Gasteiger partial charge in [-0.15, -0.1) is 0 Å². The number of benzene rings is 2. The molecule has 5 heteroatoms. The highest BCUT2D eigenvalue weighted by Gasteiger charge is 2.40. The molecule has 0 fully saturated rings. The summed E-state index contributed by atoms with van der Waals surface area (Å²) in [5, 5.41) is 0. The molecule has 2 aromatic rings. The molecule has 0 bridgehead atoms. The molecule has 0 spiro atoms. The second-order valence-corrected chi connectivity index (χ2v) is 8.73. The number of methoxy groups -OCH3 is 1. The van der Waals surface area contributed by atoms with Gasteiger partial charge in [-0.3, -0.25) is 4.31 Å². The molecular formula is C20H23NO3S. The Bertz CT molecular complexity index is 941. The molecule has 25 heavy (non-hydrogen) atoms. The molecule has 1 aliphatic rings. The lowest BCUT2D eigenvalue weighted by Gasteiger charge is -2.42. The fourth-order valence-electron chi connectivity index (χ4n) is 3.37. The molecule has 0 atom stereocenters. The minimum atomic E-state index is -3.72. The van der Waals surface area contributed by atoms with Gasteiger partial charge in [0.05, 0.1) is 23.2 Å². The van der Waals surface area contributed by atoms with Crippen LogP contribution in [-0.4, -0.2) is 21.1 Å². The van der Waals surface area contributed by atoms with Crippen LogP contribution in [0.5, 0.6) is 5.75 Å². The van der Waals surface area contributed by atoms with E-state index >= 15 is 0 Å². The van der Waals surface area contributed by atoms with Crippen LogP contribution in [0.2, 0.25) is 0 Å². The first-order valence-electron chi connectivity index (χ1n) is 8.17. The second-order valence-electron chi connectivity index (χ2n) is 6.95. The zero-order chi connectivity index (χ0) is 18.4. The van der Waals surface area contributed by atoms with Crippen LogP contribution in [0.3, 0.4) is 0 Å². The second kappa shape index (κ2) is 5.92. The summed E-state index contributed by atoms with van der Waals surface area (Å²) in [6.45, 7) is 7.76. The van der Waals surface area contributed by atoms with Crippen molar-refractivity contribution < 1.29 is 13.2 Å². The summed E-state index contributed by atoms with van der Waals surface area (Å²) in [5.74, 6) is 0.633. The summed E-state index contributed by atoms with van der Waals surface area (Å²) in [5.41, 5.74) is 2.93. The zero-order valence-electron chi connectivity index (χ0n) is 15.2. The smallest absolute Gasteiger partial charge is 0.265 e. The molecule has 0 aromatic heterocycles. The standard InChI is InChI=1S/C20H23NO3S/c1-14-6-9-17(10-7-14)25(22,23)21-19-12-16(24-5)8-11-18(19)15(2)13-20(21,3)4/h6-13H,1-5H3. The maximum Gasteiger partial charge on any atom is 0.265 e. The van der Waals surface area contributed by atoms with Crippen LogP contribution in [-0.2, 0) is 10.0 Å². The van der Waals surface area contributed by atoms with Gasteiger partial charge in [-0.1, -0.05) is 23.8 Å². The minimum Gasteiger partial charge on any atom is -0.497 e. The molecule has 2 aromatic carbocycles. The molecule has 1 heterocycles. The quantitative estimate of drug-likeness (QED) is 0.818. The van der Waals surface area contributed by atoms with Crippen molar-refractivity contribution in [2.45, 2.75) is 38.1 Å². The molecule has 0 aliphatic carbocycles. The maximum atomic E-state index is 13.4. The maximum absolute atomic E-state index is 13.4. The van der Waals surface area contributed by atoms with Crippen LogP contribution in [0.4, 0.5) is 5.69 Å². The number of sulfonamides is 1. The highest BCUT2D eigenvalue weighted by Crippen LogP contribution is 2.43. The Balaban J connectivity index is 2.25. The van der Waals surface area contributed by atoms with Crippen LogP contribution in [0.25, 0.3) is 5.57 Å². The normalized spacial score (nSPS) is 16.2. The molecule has 0 radical (unpaired) electrons. The lowest BCUT2D eigenvalue weighted by molar-refractivity contribution is 0.414. The van der Waals surface area contributed by atoms with Crippen LogP contribution in [0.1, 0.15) is 31.9 Å². The number of nitrogens with zero attached hydrogens (tertiary/aromatic N) is 1. The highest BCUT2D eigenvalue weighted by atomic mass is 32.2. The van der Waals surface area contributed by atoms with Gasteiger partial charge in [0.25, 0.3) is 10.0 Å². The van der Waals surface area contributed by atoms with Crippen molar-refractivity contribution in [2.75, 3.05) is 11.4 Å². The van der Waals surface area contributed by atoms with Gasteiger partial charge < -0.3 is 4.74 Å². The minimum absolute atomic E-state index is 0.285. The summed E-state index contributed by atoms with van der Waals surface area (Å²) >= 11 is 0. The average molecular weight is 357 g/mol. The highest BCUT2D eigenvalue weighted by molar-refractivity contribution is 7.93. The van der Waals surface area contributed by atoms with E-state index in [1.54, 1.807) is 25.3 Å². The first kappa shape index (κ1) is 17.5. The van der Waals surface area contributed by atoms with Crippen molar-refractivity contribution in [2.24, 2.45) is 0 Å². The summed E-state index contributed by atoms with van der Waals surface area (Å²) in [4.78, 5) is 0.285. The SMILES string of the molecule is COc1ccc2c(c1)N(S(=O)(=O)c1ccc(C)cc1)C(C)(C)C=C2C. The number of fused-ring (bicyclic) bond motifs is 1. The molecule has 3 rings (SSSR count). The number of rotatable bonds is 3. The topological polar surface area (TPSA) is 46.6 Å². The van der Waals surface area contributed by atoms with Crippen LogP contribution < -0.4 is 9.04 Å². The van der Waals surface area contributed by atoms with Crippen LogP contribution in [0, 0.1) is 6.92 Å². The van der Waals surface area contributed by atoms with E-state index in [4.69, 9.17) is 4.74 Å². The number of ether oxygens (including phenoxy) is 1. The Morgan fingerprint density at radius 1 is 1.00 bits per heavy atom. The van der Waals surface area contributed by atoms with Crippen molar-refractivity contribution in [1.82, 2.24) is 0 Å². The Kier molecular flexibility index (Phi) is 4.15. The van der Waals surface area contributed by atoms with Crippen molar-refractivity contribution in [1.29, 1.82) is 0 Å². The Labute approximate surface area is 149 Å².